The molecule has 4 atom stereocenters. The fourth-order valence-electron chi connectivity index (χ4n) is 3.86. The number of alkyl halides is 5. The molecule has 3 N–H and O–H groups in total. The van der Waals surface area contributed by atoms with Gasteiger partial charge in [0.1, 0.15) is 23.4 Å². The standard InChI is InChI=1S/C21H19F6N3O4/c1-9-15(12-4-3-10(22)7-14(12)33-19(23)24)16(34-20(9,2)21(25,26)27)18(32)30-11-5-6-29-13(8-11)17(28)31/h3-9,15-16,19H,1-2H3,(H2,28,31)(H,29,30,32)/t9-,15-,16-,20-/m0/s1. The van der Waals surface area contributed by atoms with Gasteiger partial charge in [0.05, 0.1) is 0 Å². The quantitative estimate of drug-likeness (QED) is 0.595. The molecule has 184 valence electrons. The molecule has 1 aromatic heterocycles. The predicted octanol–water partition coefficient (Wildman–Crippen LogP) is 4.00. The van der Waals surface area contributed by atoms with E-state index >= 15 is 0 Å². The second kappa shape index (κ2) is 9.12. The SMILES string of the molecule is C[C@H]1[C@@H](c2ccc(F)cc2OC(F)F)[C@@H](C(=O)Nc2ccnc(C(N)=O)c2)O[C@]1(C)C(F)(F)F. The van der Waals surface area contributed by atoms with E-state index in [2.05, 4.69) is 15.0 Å². The maximum atomic E-state index is 13.9. The van der Waals surface area contributed by atoms with E-state index in [0.29, 0.717) is 6.07 Å². The molecule has 1 saturated heterocycles. The molecule has 2 aromatic rings. The largest absolute Gasteiger partial charge is 0.434 e. The summed E-state index contributed by atoms with van der Waals surface area (Å²) in [4.78, 5) is 28.0. The molecule has 2 heterocycles. The van der Waals surface area contributed by atoms with Crippen molar-refractivity contribution < 1.29 is 45.4 Å². The minimum absolute atomic E-state index is 0.0208. The number of carbonyl (C=O) groups is 2. The number of anilines is 1. The van der Waals surface area contributed by atoms with E-state index in [-0.39, 0.29) is 16.9 Å². The summed E-state index contributed by atoms with van der Waals surface area (Å²) >= 11 is 0. The molecule has 34 heavy (non-hydrogen) atoms. The molecular formula is C21H19F6N3O4. The maximum Gasteiger partial charge on any atom is 0.417 e. The lowest BCUT2D eigenvalue weighted by molar-refractivity contribution is -0.272. The van der Waals surface area contributed by atoms with Crippen LogP contribution in [-0.2, 0) is 9.53 Å². The third-order valence-corrected chi connectivity index (χ3v) is 5.76. The zero-order valence-corrected chi connectivity index (χ0v) is 17.7. The van der Waals surface area contributed by atoms with Gasteiger partial charge in [-0.3, -0.25) is 14.6 Å². The Balaban J connectivity index is 2.06. The van der Waals surface area contributed by atoms with Gasteiger partial charge in [0, 0.05) is 35.3 Å². The average molecular weight is 491 g/mol. The van der Waals surface area contributed by atoms with E-state index in [1.165, 1.54) is 6.07 Å². The highest BCUT2D eigenvalue weighted by Crippen LogP contribution is 2.54. The van der Waals surface area contributed by atoms with E-state index in [9.17, 15) is 35.9 Å². The number of pyridine rings is 1. The molecule has 0 saturated carbocycles. The minimum Gasteiger partial charge on any atom is -0.434 e. The van der Waals surface area contributed by atoms with Crippen LogP contribution in [0.15, 0.2) is 36.5 Å². The van der Waals surface area contributed by atoms with E-state index in [0.717, 1.165) is 38.2 Å². The Morgan fingerprint density at radius 3 is 2.50 bits per heavy atom. The summed E-state index contributed by atoms with van der Waals surface area (Å²) in [5.41, 5.74) is 1.77. The minimum atomic E-state index is -4.95. The lowest BCUT2D eigenvalue weighted by Gasteiger charge is -2.32. The number of amides is 2. The fraction of sp³-hybridized carbons (Fsp3) is 0.381. The van der Waals surface area contributed by atoms with Crippen LogP contribution in [0, 0.1) is 11.7 Å². The lowest BCUT2D eigenvalue weighted by Crippen LogP contribution is -2.47. The summed E-state index contributed by atoms with van der Waals surface area (Å²) in [6.45, 7) is -1.53. The Kier molecular flexibility index (Phi) is 6.78. The van der Waals surface area contributed by atoms with Crippen molar-refractivity contribution in [3.63, 3.8) is 0 Å². The number of rotatable bonds is 6. The molecule has 3 rings (SSSR count). The molecule has 0 aliphatic carbocycles. The van der Waals surface area contributed by atoms with Crippen LogP contribution in [0.5, 0.6) is 5.75 Å². The molecule has 13 heteroatoms. The van der Waals surface area contributed by atoms with Crippen LogP contribution < -0.4 is 15.8 Å². The first kappa shape index (κ1) is 25.3. The molecule has 0 bridgehead atoms. The van der Waals surface area contributed by atoms with Gasteiger partial charge in [-0.1, -0.05) is 13.0 Å². The third kappa shape index (κ3) is 4.79. The van der Waals surface area contributed by atoms with Gasteiger partial charge >= 0.3 is 12.8 Å². The van der Waals surface area contributed by atoms with E-state index in [4.69, 9.17) is 10.5 Å². The zero-order valence-electron chi connectivity index (χ0n) is 17.7. The van der Waals surface area contributed by atoms with Gasteiger partial charge in [-0.25, -0.2) is 4.39 Å². The number of nitrogens with two attached hydrogens (primary N) is 1. The number of hydrogen-bond acceptors (Lipinski definition) is 5. The summed E-state index contributed by atoms with van der Waals surface area (Å²) in [5, 5.41) is 2.32. The van der Waals surface area contributed by atoms with Gasteiger partial charge in [0.15, 0.2) is 5.60 Å². The van der Waals surface area contributed by atoms with Crippen LogP contribution in [0.25, 0.3) is 0 Å². The van der Waals surface area contributed by atoms with Crippen LogP contribution in [0.1, 0.15) is 35.8 Å². The van der Waals surface area contributed by atoms with Crippen molar-refractivity contribution in [1.82, 2.24) is 4.98 Å². The first-order valence-corrected chi connectivity index (χ1v) is 9.80. The highest BCUT2D eigenvalue weighted by Gasteiger charge is 2.65. The lowest BCUT2D eigenvalue weighted by atomic mass is 9.77. The van der Waals surface area contributed by atoms with E-state index in [1.807, 2.05) is 0 Å². The number of carbonyl (C=O) groups excluding carboxylic acids is 2. The van der Waals surface area contributed by atoms with Crippen molar-refractivity contribution in [3.8, 4) is 5.75 Å². The van der Waals surface area contributed by atoms with Crippen molar-refractivity contribution in [3.05, 3.63) is 53.6 Å². The topological polar surface area (TPSA) is 104 Å². The Morgan fingerprint density at radius 2 is 1.91 bits per heavy atom. The van der Waals surface area contributed by atoms with Crippen molar-refractivity contribution >= 4 is 17.5 Å². The van der Waals surface area contributed by atoms with Crippen LogP contribution in [0.3, 0.4) is 0 Å². The van der Waals surface area contributed by atoms with Crippen LogP contribution in [0.2, 0.25) is 0 Å². The number of nitrogens with zero attached hydrogens (tertiary/aromatic N) is 1. The number of hydrogen-bond donors (Lipinski definition) is 2. The second-order valence-corrected chi connectivity index (χ2v) is 7.80. The molecule has 1 fully saturated rings. The highest BCUT2D eigenvalue weighted by atomic mass is 19.4. The number of halogens is 6. The Morgan fingerprint density at radius 1 is 1.24 bits per heavy atom. The summed E-state index contributed by atoms with van der Waals surface area (Å²) in [5.74, 6) is -6.62. The maximum absolute atomic E-state index is 13.9. The number of primary amides is 1. The van der Waals surface area contributed by atoms with Crippen molar-refractivity contribution in [2.45, 2.75) is 44.3 Å². The number of benzene rings is 1. The van der Waals surface area contributed by atoms with Crippen LogP contribution in [-0.4, -0.2) is 41.3 Å². The van der Waals surface area contributed by atoms with E-state index in [1.54, 1.807) is 0 Å². The molecule has 1 aromatic carbocycles. The highest BCUT2D eigenvalue weighted by molar-refractivity contribution is 5.97. The smallest absolute Gasteiger partial charge is 0.417 e. The Hall–Kier alpha value is -3.35. The Labute approximate surface area is 189 Å². The first-order valence-electron chi connectivity index (χ1n) is 9.80. The van der Waals surface area contributed by atoms with Gasteiger partial charge in [-0.15, -0.1) is 0 Å². The Bertz CT molecular complexity index is 1100. The molecule has 0 radical (unpaired) electrons. The number of nitrogens with one attached hydrogen (secondary N) is 1. The molecular weight excluding hydrogens is 472 g/mol. The van der Waals surface area contributed by atoms with E-state index < -0.39 is 59.7 Å². The monoisotopic (exact) mass is 491 g/mol. The summed E-state index contributed by atoms with van der Waals surface area (Å²) in [6, 6.07) is 4.76. The van der Waals surface area contributed by atoms with Crippen molar-refractivity contribution in [2.24, 2.45) is 11.7 Å². The molecule has 0 spiro atoms. The zero-order chi connectivity index (χ0) is 25.4. The normalized spacial score (nSPS) is 24.8. The molecule has 1 aliphatic rings. The fourth-order valence-corrected chi connectivity index (χ4v) is 3.86. The van der Waals surface area contributed by atoms with Crippen molar-refractivity contribution in [1.29, 1.82) is 0 Å². The first-order chi connectivity index (χ1) is 15.7. The summed E-state index contributed by atoms with van der Waals surface area (Å²) < 4.78 is 90.9. The summed E-state index contributed by atoms with van der Waals surface area (Å²) in [6.07, 6.45) is -5.66. The second-order valence-electron chi connectivity index (χ2n) is 7.80. The van der Waals surface area contributed by atoms with Gasteiger partial charge in [-0.05, 0) is 25.1 Å². The third-order valence-electron chi connectivity index (χ3n) is 5.76. The van der Waals surface area contributed by atoms with Crippen LogP contribution >= 0.6 is 0 Å². The van der Waals surface area contributed by atoms with Gasteiger partial charge in [-0.2, -0.15) is 22.0 Å². The molecule has 0 unspecified atom stereocenters. The molecule has 7 nitrogen and oxygen atoms in total. The van der Waals surface area contributed by atoms with Gasteiger partial charge < -0.3 is 20.5 Å². The van der Waals surface area contributed by atoms with Gasteiger partial charge in [0.25, 0.3) is 11.8 Å². The van der Waals surface area contributed by atoms with Crippen molar-refractivity contribution in [2.75, 3.05) is 5.32 Å². The number of aromatic nitrogens is 1. The molecule has 1 aliphatic heterocycles. The molecule has 2 amide bonds. The van der Waals surface area contributed by atoms with Crippen LogP contribution in [0.4, 0.5) is 32.0 Å². The summed E-state index contributed by atoms with van der Waals surface area (Å²) in [7, 11) is 0. The predicted molar refractivity (Wildman–Crippen MR) is 106 cm³/mol. The number of ether oxygens (including phenoxy) is 2. The van der Waals surface area contributed by atoms with Gasteiger partial charge in [0.2, 0.25) is 0 Å². The average Bonchev–Trinajstić information content (AvgIpc) is 3.00.